The van der Waals surface area contributed by atoms with Crippen molar-refractivity contribution in [3.63, 3.8) is 0 Å². The van der Waals surface area contributed by atoms with E-state index in [1.54, 1.807) is 18.3 Å². The molecule has 12 heteroatoms. The molecule has 1 aromatic carbocycles. The summed E-state index contributed by atoms with van der Waals surface area (Å²) in [5, 5.41) is 8.38. The van der Waals surface area contributed by atoms with Crippen molar-refractivity contribution in [1.82, 2.24) is 29.5 Å². The van der Waals surface area contributed by atoms with Crippen LogP contribution in [0, 0.1) is 0 Å². The van der Waals surface area contributed by atoms with Crippen molar-refractivity contribution < 1.29 is 17.9 Å². The highest BCUT2D eigenvalue weighted by Gasteiger charge is 2.23. The standard InChI is InChI=1S/C30H31N7O4S/c1-18-16-36(17-19(2)41-18)29-7-5-6-24(35-29)25-11-10-22-14-31-26(13-27(22)34-25)20(3)33-30(38)21-8-9-23-15-32-37(28(23)12-21)42(4,39)40/h5-15,18-20H,16-17H2,1-4H3,(H,33,38)/t18-,19+,20?. The summed E-state index contributed by atoms with van der Waals surface area (Å²) in [4.78, 5) is 29.7. The highest BCUT2D eigenvalue weighted by Crippen LogP contribution is 2.25. The summed E-state index contributed by atoms with van der Waals surface area (Å²) in [5.74, 6) is 0.531. The molecule has 4 aromatic heterocycles. The van der Waals surface area contributed by atoms with Gasteiger partial charge in [0.15, 0.2) is 0 Å². The molecular weight excluding hydrogens is 554 g/mol. The summed E-state index contributed by atoms with van der Waals surface area (Å²) in [7, 11) is -3.61. The first kappa shape index (κ1) is 27.7. The second-order valence-corrected chi connectivity index (χ2v) is 12.6. The Morgan fingerprint density at radius 3 is 2.48 bits per heavy atom. The Hall–Kier alpha value is -4.42. The average Bonchev–Trinajstić information content (AvgIpc) is 3.40. The van der Waals surface area contributed by atoms with E-state index in [9.17, 15) is 13.2 Å². The summed E-state index contributed by atoms with van der Waals surface area (Å²) < 4.78 is 30.9. The predicted octanol–water partition coefficient (Wildman–Crippen LogP) is 3.95. The topological polar surface area (TPSA) is 132 Å². The number of amides is 1. The number of carbonyl (C=O) groups excluding carboxylic acids is 1. The number of ether oxygens (including phenoxy) is 1. The van der Waals surface area contributed by atoms with Crippen LogP contribution in [0.1, 0.15) is 42.9 Å². The molecule has 216 valence electrons. The molecule has 5 heterocycles. The molecule has 1 aliphatic heterocycles. The molecule has 0 aliphatic carbocycles. The first-order valence-corrected chi connectivity index (χ1v) is 15.5. The van der Waals surface area contributed by atoms with Gasteiger partial charge in [0.05, 0.1) is 58.8 Å². The van der Waals surface area contributed by atoms with Crippen molar-refractivity contribution in [3.8, 4) is 11.4 Å². The molecule has 3 atom stereocenters. The second-order valence-electron chi connectivity index (χ2n) is 10.8. The van der Waals surface area contributed by atoms with Gasteiger partial charge in [-0.3, -0.25) is 9.78 Å². The third-order valence-corrected chi connectivity index (χ3v) is 8.16. The number of nitrogens with zero attached hydrogens (tertiary/aromatic N) is 6. The minimum atomic E-state index is -3.61. The third-order valence-electron chi connectivity index (χ3n) is 7.24. The summed E-state index contributed by atoms with van der Waals surface area (Å²) in [6.07, 6.45) is 4.52. The number of hydrogen-bond donors (Lipinski definition) is 1. The fourth-order valence-electron chi connectivity index (χ4n) is 5.27. The van der Waals surface area contributed by atoms with E-state index >= 15 is 0 Å². The van der Waals surface area contributed by atoms with Crippen LogP contribution in [0.3, 0.4) is 0 Å². The van der Waals surface area contributed by atoms with E-state index in [0.29, 0.717) is 22.2 Å². The van der Waals surface area contributed by atoms with E-state index in [1.807, 2.05) is 43.3 Å². The Balaban J connectivity index is 1.23. The van der Waals surface area contributed by atoms with E-state index in [1.165, 1.54) is 12.3 Å². The molecular formula is C30H31N7O4S. The first-order valence-electron chi connectivity index (χ1n) is 13.7. The van der Waals surface area contributed by atoms with E-state index in [4.69, 9.17) is 14.7 Å². The number of fused-ring (bicyclic) bond motifs is 2. The smallest absolute Gasteiger partial charge is 0.251 e. The number of benzene rings is 1. The molecule has 11 nitrogen and oxygen atoms in total. The number of nitrogens with one attached hydrogen (secondary N) is 1. The van der Waals surface area contributed by atoms with Gasteiger partial charge in [-0.2, -0.15) is 9.19 Å². The van der Waals surface area contributed by atoms with Crippen molar-refractivity contribution >= 4 is 43.6 Å². The molecule has 0 spiro atoms. The Morgan fingerprint density at radius 2 is 1.71 bits per heavy atom. The number of hydrogen-bond acceptors (Lipinski definition) is 9. The highest BCUT2D eigenvalue weighted by atomic mass is 32.2. The monoisotopic (exact) mass is 585 g/mol. The van der Waals surface area contributed by atoms with Gasteiger partial charge in [-0.1, -0.05) is 12.1 Å². The minimum Gasteiger partial charge on any atom is -0.372 e. The molecule has 0 radical (unpaired) electrons. The van der Waals surface area contributed by atoms with Crippen LogP contribution < -0.4 is 10.2 Å². The molecule has 1 unspecified atom stereocenters. The van der Waals surface area contributed by atoms with Crippen LogP contribution in [-0.4, -0.2) is 70.0 Å². The van der Waals surface area contributed by atoms with Gasteiger partial charge in [-0.15, -0.1) is 0 Å². The molecule has 1 fully saturated rings. The fraction of sp³-hybridized carbons (Fsp3) is 0.300. The predicted molar refractivity (Wildman–Crippen MR) is 161 cm³/mol. The van der Waals surface area contributed by atoms with Gasteiger partial charge in [0.1, 0.15) is 5.82 Å². The zero-order chi connectivity index (χ0) is 29.6. The number of pyridine rings is 3. The molecule has 1 N–H and O–H groups in total. The summed E-state index contributed by atoms with van der Waals surface area (Å²) in [6.45, 7) is 7.53. The van der Waals surface area contributed by atoms with Crippen molar-refractivity contribution in [2.45, 2.75) is 39.0 Å². The molecule has 1 aliphatic rings. The van der Waals surface area contributed by atoms with Crippen molar-refractivity contribution in [2.24, 2.45) is 0 Å². The Morgan fingerprint density at radius 1 is 0.976 bits per heavy atom. The summed E-state index contributed by atoms with van der Waals surface area (Å²) in [5.41, 5.74) is 3.54. The molecule has 42 heavy (non-hydrogen) atoms. The van der Waals surface area contributed by atoms with Crippen LogP contribution in [-0.2, 0) is 14.8 Å². The lowest BCUT2D eigenvalue weighted by Gasteiger charge is -2.36. The lowest BCUT2D eigenvalue weighted by atomic mass is 10.1. The van der Waals surface area contributed by atoms with Gasteiger partial charge in [-0.25, -0.2) is 18.4 Å². The van der Waals surface area contributed by atoms with Gasteiger partial charge in [-0.05, 0) is 63.2 Å². The van der Waals surface area contributed by atoms with Crippen LogP contribution in [0.4, 0.5) is 5.82 Å². The number of aromatic nitrogens is 5. The quantitative estimate of drug-likeness (QED) is 0.315. The molecule has 0 bridgehead atoms. The number of carbonyl (C=O) groups is 1. The van der Waals surface area contributed by atoms with E-state index in [0.717, 1.165) is 51.5 Å². The maximum absolute atomic E-state index is 13.1. The van der Waals surface area contributed by atoms with Crippen LogP contribution in [0.25, 0.3) is 33.2 Å². The molecule has 1 amide bonds. The third kappa shape index (κ3) is 5.55. The average molecular weight is 586 g/mol. The lowest BCUT2D eigenvalue weighted by molar-refractivity contribution is -0.00545. The number of morpholine rings is 1. The maximum Gasteiger partial charge on any atom is 0.251 e. The highest BCUT2D eigenvalue weighted by molar-refractivity contribution is 7.89. The van der Waals surface area contributed by atoms with Crippen LogP contribution in [0.2, 0.25) is 0 Å². The normalized spacial score (nSPS) is 18.3. The minimum absolute atomic E-state index is 0.130. The largest absolute Gasteiger partial charge is 0.372 e. The SMILES string of the molecule is CC(NC(=O)c1ccc2cnn(S(C)(=O)=O)c2c1)c1cc2nc(-c3cccc(N4C[C@@H](C)O[C@@H](C)C4)n3)ccc2cn1. The molecule has 1 saturated heterocycles. The zero-order valence-corrected chi connectivity index (χ0v) is 24.5. The maximum atomic E-state index is 13.1. The Kier molecular flexibility index (Phi) is 7.11. The second kappa shape index (κ2) is 10.8. The van der Waals surface area contributed by atoms with Gasteiger partial charge < -0.3 is 15.0 Å². The van der Waals surface area contributed by atoms with Crippen LogP contribution in [0.5, 0.6) is 0 Å². The first-order chi connectivity index (χ1) is 20.0. The van der Waals surface area contributed by atoms with E-state index in [2.05, 4.69) is 34.1 Å². The Bertz CT molecular complexity index is 1910. The van der Waals surface area contributed by atoms with E-state index < -0.39 is 16.1 Å². The van der Waals surface area contributed by atoms with Crippen LogP contribution in [0.15, 0.2) is 67.0 Å². The van der Waals surface area contributed by atoms with Crippen LogP contribution >= 0.6 is 0 Å². The Labute approximate surface area is 243 Å². The lowest BCUT2D eigenvalue weighted by Crippen LogP contribution is -2.45. The van der Waals surface area contributed by atoms with Gasteiger partial charge >= 0.3 is 0 Å². The molecule has 0 saturated carbocycles. The van der Waals surface area contributed by atoms with Crippen molar-refractivity contribution in [3.05, 3.63) is 78.2 Å². The summed E-state index contributed by atoms with van der Waals surface area (Å²) in [6, 6.07) is 16.1. The zero-order valence-electron chi connectivity index (χ0n) is 23.7. The molecule has 6 rings (SSSR count). The van der Waals surface area contributed by atoms with Crippen molar-refractivity contribution in [2.75, 3.05) is 24.2 Å². The van der Waals surface area contributed by atoms with E-state index in [-0.39, 0.29) is 18.1 Å². The van der Waals surface area contributed by atoms with Gasteiger partial charge in [0.2, 0.25) is 0 Å². The summed E-state index contributed by atoms with van der Waals surface area (Å²) >= 11 is 0. The van der Waals surface area contributed by atoms with Crippen molar-refractivity contribution in [1.29, 1.82) is 0 Å². The van der Waals surface area contributed by atoms with Gasteiger partial charge in [0.25, 0.3) is 15.9 Å². The fourth-order valence-corrected chi connectivity index (χ4v) is 6.01. The number of rotatable bonds is 6. The number of anilines is 1. The molecule has 5 aromatic rings. The van der Waals surface area contributed by atoms with Gasteiger partial charge in [0, 0.05) is 35.6 Å².